The van der Waals surface area contributed by atoms with E-state index >= 15 is 0 Å². The average Bonchev–Trinajstić information content (AvgIpc) is 2.48. The maximum Gasteiger partial charge on any atom is 0.0405 e. The van der Waals surface area contributed by atoms with Gasteiger partial charge < -0.3 is 0 Å². The van der Waals surface area contributed by atoms with Gasteiger partial charge in [-0.15, -0.1) is 24.0 Å². The first kappa shape index (κ1) is 10.3. The maximum atomic E-state index is 4.44. The lowest BCUT2D eigenvalue weighted by molar-refractivity contribution is 1.34. The third kappa shape index (κ3) is 1.78. The molecule has 0 aliphatic carbocycles. The molecule has 1 aromatic carbocycles. The summed E-state index contributed by atoms with van der Waals surface area (Å²) in [6.07, 6.45) is 0. The molecule has 68 valence electrons. The molecule has 4 heteroatoms. The van der Waals surface area contributed by atoms with E-state index in [0.717, 1.165) is 10.2 Å². The summed E-state index contributed by atoms with van der Waals surface area (Å²) in [4.78, 5) is 1.07. The highest BCUT2D eigenvalue weighted by Gasteiger charge is 2.07. The van der Waals surface area contributed by atoms with Crippen LogP contribution in [0, 0.1) is 3.57 Å². The molecular weight excluding hydrogens is 379 g/mol. The van der Waals surface area contributed by atoms with E-state index in [2.05, 4.69) is 68.7 Å². The number of alkyl halides is 1. The van der Waals surface area contributed by atoms with Crippen molar-refractivity contribution >= 4 is 72.6 Å². The van der Waals surface area contributed by atoms with Crippen molar-refractivity contribution in [1.82, 2.24) is 0 Å². The van der Waals surface area contributed by atoms with Crippen molar-refractivity contribution in [3.8, 4) is 0 Å². The predicted molar refractivity (Wildman–Crippen MR) is 74.4 cm³/mol. The molecule has 0 unspecified atom stereocenters. The fourth-order valence-electron chi connectivity index (χ4n) is 1.24. The van der Waals surface area contributed by atoms with E-state index in [-0.39, 0.29) is 0 Å². The Morgan fingerprint density at radius 2 is 2.23 bits per heavy atom. The molecule has 0 atom stereocenters. The number of fused-ring (bicyclic) bond motifs is 1. The van der Waals surface area contributed by atoms with Crippen molar-refractivity contribution in [3.05, 3.63) is 26.6 Å². The lowest BCUT2D eigenvalue weighted by Crippen LogP contribution is -1.80. The number of thiophene rings is 1. The summed E-state index contributed by atoms with van der Waals surface area (Å²) in [6.45, 7) is 0. The zero-order valence-corrected chi connectivity index (χ0v) is 12.0. The smallest absolute Gasteiger partial charge is 0.0405 e. The molecule has 0 saturated heterocycles. The van der Waals surface area contributed by atoms with Crippen molar-refractivity contribution in [1.29, 1.82) is 0 Å². The summed E-state index contributed by atoms with van der Waals surface area (Å²) in [5.74, 6) is 0. The lowest BCUT2D eigenvalue weighted by Gasteiger charge is -2.02. The second-order valence-electron chi connectivity index (χ2n) is 2.66. The van der Waals surface area contributed by atoms with Crippen LogP contribution in [0.4, 0.5) is 0 Å². The van der Waals surface area contributed by atoms with Gasteiger partial charge in [0.25, 0.3) is 0 Å². The molecule has 0 amide bonds. The summed E-state index contributed by atoms with van der Waals surface area (Å²) in [6, 6.07) is 4.21. The van der Waals surface area contributed by atoms with E-state index in [1.165, 1.54) is 19.2 Å². The van der Waals surface area contributed by atoms with Crippen LogP contribution in [0.15, 0.2) is 22.4 Å². The number of benzene rings is 1. The highest BCUT2D eigenvalue weighted by atomic mass is 127. The van der Waals surface area contributed by atoms with Gasteiger partial charge in [-0.25, -0.2) is 0 Å². The molecule has 0 fully saturated rings. The maximum absolute atomic E-state index is 4.44. The largest absolute Gasteiger partial charge is 0.143 e. The van der Waals surface area contributed by atoms with Gasteiger partial charge >= 0.3 is 0 Å². The van der Waals surface area contributed by atoms with E-state index < -0.39 is 0 Å². The predicted octanol–water partition coefficient (Wildman–Crippen LogP) is 4.69. The van der Waals surface area contributed by atoms with Crippen LogP contribution in [-0.4, -0.2) is 0 Å². The zero-order valence-electron chi connectivity index (χ0n) is 6.55. The quantitative estimate of drug-likeness (QED) is 0.411. The molecule has 13 heavy (non-hydrogen) atoms. The monoisotopic (exact) mass is 384 g/mol. The van der Waals surface area contributed by atoms with E-state index in [1.807, 2.05) is 0 Å². The molecule has 0 N–H and O–H groups in total. The van der Waals surface area contributed by atoms with E-state index in [0.29, 0.717) is 0 Å². The van der Waals surface area contributed by atoms with Crippen LogP contribution in [0.25, 0.3) is 10.1 Å². The normalized spacial score (nSPS) is 11.0. The second kappa shape index (κ2) is 4.08. The molecular formula is C9H6BrIS2. The number of halogens is 2. The van der Waals surface area contributed by atoms with E-state index in [4.69, 9.17) is 0 Å². The van der Waals surface area contributed by atoms with E-state index in [9.17, 15) is 0 Å². The number of thiol groups is 1. The minimum absolute atomic E-state index is 0.875. The molecule has 0 aliphatic heterocycles. The first-order valence-electron chi connectivity index (χ1n) is 3.67. The van der Waals surface area contributed by atoms with Gasteiger partial charge in [0.05, 0.1) is 0 Å². The molecule has 0 aliphatic rings. The summed E-state index contributed by atoms with van der Waals surface area (Å²) < 4.78 is 2.68. The summed E-state index contributed by atoms with van der Waals surface area (Å²) in [5.41, 5.74) is 1.30. The van der Waals surface area contributed by atoms with Gasteiger partial charge in [0.2, 0.25) is 0 Å². The van der Waals surface area contributed by atoms with Gasteiger partial charge in [-0.2, -0.15) is 0 Å². The summed E-state index contributed by atoms with van der Waals surface area (Å²) in [5, 5.41) is 4.41. The molecule has 0 spiro atoms. The minimum Gasteiger partial charge on any atom is -0.143 e. The Labute approximate surface area is 108 Å². The molecule has 2 aromatic rings. The average molecular weight is 385 g/mol. The summed E-state index contributed by atoms with van der Waals surface area (Å²) >= 11 is 12.1. The Balaban J connectivity index is 2.85. The number of hydrogen-bond donors (Lipinski definition) is 1. The molecule has 0 radical (unpaired) electrons. The standard InChI is InChI=1S/C9H6BrIS2/c10-3-6-8(12)2-1-5-7(11)4-13-9(5)6/h1-2,4,12H,3H2. The third-order valence-corrected chi connectivity index (χ3v) is 5.26. The minimum atomic E-state index is 0.875. The van der Waals surface area contributed by atoms with Crippen LogP contribution < -0.4 is 0 Å². The fourth-order valence-corrected chi connectivity index (χ4v) is 4.56. The topological polar surface area (TPSA) is 0 Å². The van der Waals surface area contributed by atoms with Crippen LogP contribution in [0.1, 0.15) is 5.56 Å². The van der Waals surface area contributed by atoms with Crippen molar-refractivity contribution in [3.63, 3.8) is 0 Å². The molecule has 0 saturated carbocycles. The van der Waals surface area contributed by atoms with Gasteiger partial charge in [0.1, 0.15) is 0 Å². The van der Waals surface area contributed by atoms with Crippen LogP contribution in [0.5, 0.6) is 0 Å². The SMILES string of the molecule is Sc1ccc2c(I)csc2c1CBr. The van der Waals surface area contributed by atoms with Gasteiger partial charge in [0.15, 0.2) is 0 Å². The number of hydrogen-bond acceptors (Lipinski definition) is 2. The molecule has 2 rings (SSSR count). The second-order valence-corrected chi connectivity index (χ2v) is 5.74. The molecule has 1 aromatic heterocycles. The van der Waals surface area contributed by atoms with E-state index in [1.54, 1.807) is 11.3 Å². The lowest BCUT2D eigenvalue weighted by atomic mass is 10.2. The fraction of sp³-hybridized carbons (Fsp3) is 0.111. The van der Waals surface area contributed by atoms with Crippen LogP contribution in [0.3, 0.4) is 0 Å². The Bertz CT molecular complexity index is 450. The van der Waals surface area contributed by atoms with Crippen molar-refractivity contribution in [2.75, 3.05) is 0 Å². The zero-order chi connectivity index (χ0) is 9.42. The van der Waals surface area contributed by atoms with Crippen molar-refractivity contribution < 1.29 is 0 Å². The van der Waals surface area contributed by atoms with Crippen molar-refractivity contribution in [2.45, 2.75) is 10.2 Å². The number of rotatable bonds is 1. The van der Waals surface area contributed by atoms with Crippen LogP contribution in [0.2, 0.25) is 0 Å². The van der Waals surface area contributed by atoms with Crippen LogP contribution in [-0.2, 0) is 5.33 Å². The Kier molecular flexibility index (Phi) is 3.22. The highest BCUT2D eigenvalue weighted by molar-refractivity contribution is 14.1. The Hall–Kier alpha value is 0.740. The first-order chi connectivity index (χ1) is 6.24. The highest BCUT2D eigenvalue weighted by Crippen LogP contribution is 2.34. The van der Waals surface area contributed by atoms with Crippen molar-refractivity contribution in [2.24, 2.45) is 0 Å². The van der Waals surface area contributed by atoms with Gasteiger partial charge in [-0.3, -0.25) is 0 Å². The Morgan fingerprint density at radius 1 is 1.46 bits per heavy atom. The molecule has 0 nitrogen and oxygen atoms in total. The van der Waals surface area contributed by atoms with Gasteiger partial charge in [-0.1, -0.05) is 22.0 Å². The molecule has 1 heterocycles. The summed E-state index contributed by atoms with van der Waals surface area (Å²) in [7, 11) is 0. The Morgan fingerprint density at radius 3 is 2.92 bits per heavy atom. The molecule has 0 bridgehead atoms. The van der Waals surface area contributed by atoms with Crippen LogP contribution >= 0.6 is 62.5 Å². The van der Waals surface area contributed by atoms with Gasteiger partial charge in [-0.05, 0) is 34.2 Å². The van der Waals surface area contributed by atoms with Gasteiger partial charge in [0, 0.05) is 29.3 Å². The first-order valence-corrected chi connectivity index (χ1v) is 7.20. The third-order valence-electron chi connectivity index (χ3n) is 1.91.